The van der Waals surface area contributed by atoms with Crippen LogP contribution in [0.25, 0.3) is 10.9 Å². The standard InChI is InChI=1S/C18H17Cl2N5OS/c1-3-21-15-12-6-4-5-7-14(12)23-18(25-15)27-10(2)17(26)24-16-13(20)8-11(19)9-22-16/h4-10H,3H2,1-2H3,(H,21,23,25)(H,22,24,26). The van der Waals surface area contributed by atoms with Gasteiger partial charge in [0.2, 0.25) is 5.91 Å². The Labute approximate surface area is 171 Å². The van der Waals surface area contributed by atoms with Gasteiger partial charge in [-0.25, -0.2) is 15.0 Å². The maximum Gasteiger partial charge on any atom is 0.238 e. The molecular formula is C18H17Cl2N5OS. The SMILES string of the molecule is CCNc1nc(SC(C)C(=O)Nc2ncc(Cl)cc2Cl)nc2ccccc12. The van der Waals surface area contributed by atoms with E-state index in [4.69, 9.17) is 23.2 Å². The van der Waals surface area contributed by atoms with Crippen LogP contribution < -0.4 is 10.6 Å². The highest BCUT2D eigenvalue weighted by Crippen LogP contribution is 2.28. The second-order valence-electron chi connectivity index (χ2n) is 5.64. The Morgan fingerprint density at radius 3 is 2.74 bits per heavy atom. The van der Waals surface area contributed by atoms with E-state index in [1.807, 2.05) is 31.2 Å². The number of anilines is 2. The number of carbonyl (C=O) groups is 1. The molecule has 1 aromatic carbocycles. The van der Waals surface area contributed by atoms with Gasteiger partial charge < -0.3 is 10.6 Å². The first-order chi connectivity index (χ1) is 13.0. The number of thioether (sulfide) groups is 1. The maximum atomic E-state index is 12.5. The summed E-state index contributed by atoms with van der Waals surface area (Å²) in [5.74, 6) is 0.769. The fraction of sp³-hybridized carbons (Fsp3) is 0.222. The van der Waals surface area contributed by atoms with Gasteiger partial charge in [0.25, 0.3) is 0 Å². The van der Waals surface area contributed by atoms with Gasteiger partial charge >= 0.3 is 0 Å². The first-order valence-electron chi connectivity index (χ1n) is 8.27. The molecule has 140 valence electrons. The molecular weight excluding hydrogens is 405 g/mol. The molecule has 2 heterocycles. The van der Waals surface area contributed by atoms with E-state index in [0.717, 1.165) is 23.3 Å². The summed E-state index contributed by atoms with van der Waals surface area (Å²) in [4.78, 5) is 25.6. The number of pyridine rings is 1. The Kier molecular flexibility index (Phi) is 6.36. The molecule has 0 saturated carbocycles. The van der Waals surface area contributed by atoms with E-state index < -0.39 is 5.25 Å². The smallest absolute Gasteiger partial charge is 0.238 e. The van der Waals surface area contributed by atoms with Gasteiger partial charge in [0.05, 0.1) is 20.8 Å². The summed E-state index contributed by atoms with van der Waals surface area (Å²) in [6.45, 7) is 4.51. The largest absolute Gasteiger partial charge is 0.370 e. The molecule has 0 fully saturated rings. The number of amides is 1. The van der Waals surface area contributed by atoms with Crippen LogP contribution in [-0.4, -0.2) is 32.7 Å². The fourth-order valence-corrected chi connectivity index (χ4v) is 3.55. The molecule has 9 heteroatoms. The van der Waals surface area contributed by atoms with Crippen molar-refractivity contribution in [3.63, 3.8) is 0 Å². The van der Waals surface area contributed by atoms with E-state index in [2.05, 4.69) is 25.6 Å². The number of para-hydroxylation sites is 1. The lowest BCUT2D eigenvalue weighted by molar-refractivity contribution is -0.115. The van der Waals surface area contributed by atoms with E-state index in [1.54, 1.807) is 6.92 Å². The predicted octanol–water partition coefficient (Wildman–Crippen LogP) is 4.88. The highest BCUT2D eigenvalue weighted by molar-refractivity contribution is 8.00. The third-order valence-corrected chi connectivity index (χ3v) is 5.08. The molecule has 1 amide bonds. The van der Waals surface area contributed by atoms with Crippen LogP contribution in [0.15, 0.2) is 41.7 Å². The van der Waals surface area contributed by atoms with Gasteiger partial charge in [0, 0.05) is 18.1 Å². The van der Waals surface area contributed by atoms with E-state index in [0.29, 0.717) is 10.2 Å². The first kappa shape index (κ1) is 19.7. The number of aromatic nitrogens is 3. The molecule has 27 heavy (non-hydrogen) atoms. The summed E-state index contributed by atoms with van der Waals surface area (Å²) in [5.41, 5.74) is 0.820. The summed E-state index contributed by atoms with van der Waals surface area (Å²) in [7, 11) is 0. The highest BCUT2D eigenvalue weighted by Gasteiger charge is 2.19. The molecule has 3 aromatic rings. The van der Waals surface area contributed by atoms with Crippen molar-refractivity contribution in [1.82, 2.24) is 15.0 Å². The van der Waals surface area contributed by atoms with Crippen molar-refractivity contribution in [2.75, 3.05) is 17.2 Å². The number of fused-ring (bicyclic) bond motifs is 1. The third kappa shape index (κ3) is 4.80. The number of halogens is 2. The average molecular weight is 422 g/mol. The normalized spacial score (nSPS) is 12.0. The summed E-state index contributed by atoms with van der Waals surface area (Å²) in [5, 5.41) is 7.64. The van der Waals surface area contributed by atoms with Crippen LogP contribution in [-0.2, 0) is 4.79 Å². The third-order valence-electron chi connectivity index (χ3n) is 3.63. The molecule has 2 N–H and O–H groups in total. The van der Waals surface area contributed by atoms with Crippen LogP contribution >= 0.6 is 35.0 Å². The quantitative estimate of drug-likeness (QED) is 0.435. The molecule has 0 saturated heterocycles. The second kappa shape index (κ2) is 8.73. The summed E-state index contributed by atoms with van der Waals surface area (Å²) >= 11 is 13.1. The number of nitrogens with one attached hydrogen (secondary N) is 2. The van der Waals surface area contributed by atoms with Crippen LogP contribution in [0.1, 0.15) is 13.8 Å². The Hall–Kier alpha value is -2.09. The molecule has 3 rings (SSSR count). The fourth-order valence-electron chi connectivity index (χ4n) is 2.35. The van der Waals surface area contributed by atoms with Crippen molar-refractivity contribution in [2.24, 2.45) is 0 Å². The molecule has 1 atom stereocenters. The minimum absolute atomic E-state index is 0.251. The lowest BCUT2D eigenvalue weighted by Gasteiger charge is -2.13. The lowest BCUT2D eigenvalue weighted by atomic mass is 10.2. The molecule has 2 aromatic heterocycles. The minimum Gasteiger partial charge on any atom is -0.370 e. The molecule has 6 nitrogen and oxygen atoms in total. The van der Waals surface area contributed by atoms with Crippen LogP contribution in [0.5, 0.6) is 0 Å². The first-order valence-corrected chi connectivity index (χ1v) is 9.90. The van der Waals surface area contributed by atoms with Gasteiger partial charge in [-0.3, -0.25) is 4.79 Å². The highest BCUT2D eigenvalue weighted by atomic mass is 35.5. The summed E-state index contributed by atoms with van der Waals surface area (Å²) in [6, 6.07) is 9.27. The number of hydrogen-bond acceptors (Lipinski definition) is 6. The number of rotatable bonds is 6. The van der Waals surface area contributed by atoms with Crippen molar-refractivity contribution in [1.29, 1.82) is 0 Å². The van der Waals surface area contributed by atoms with Crippen molar-refractivity contribution >= 4 is 63.4 Å². The minimum atomic E-state index is -0.450. The van der Waals surface area contributed by atoms with Gasteiger partial charge in [0.1, 0.15) is 5.82 Å². The monoisotopic (exact) mass is 421 g/mol. The van der Waals surface area contributed by atoms with Crippen molar-refractivity contribution < 1.29 is 4.79 Å². The van der Waals surface area contributed by atoms with E-state index in [-0.39, 0.29) is 16.7 Å². The van der Waals surface area contributed by atoms with Crippen molar-refractivity contribution in [3.8, 4) is 0 Å². The van der Waals surface area contributed by atoms with Gasteiger partial charge in [-0.05, 0) is 32.0 Å². The zero-order valence-electron chi connectivity index (χ0n) is 14.7. The van der Waals surface area contributed by atoms with Crippen molar-refractivity contribution in [2.45, 2.75) is 24.3 Å². The van der Waals surface area contributed by atoms with Gasteiger partial charge in [-0.1, -0.05) is 47.1 Å². The molecule has 0 radical (unpaired) electrons. The molecule has 0 aliphatic heterocycles. The molecule has 0 aliphatic rings. The second-order valence-corrected chi connectivity index (χ2v) is 7.79. The van der Waals surface area contributed by atoms with Gasteiger partial charge in [-0.15, -0.1) is 0 Å². The van der Waals surface area contributed by atoms with E-state index in [1.165, 1.54) is 24.0 Å². The zero-order chi connectivity index (χ0) is 19.4. The molecule has 0 aliphatic carbocycles. The number of nitrogens with zero attached hydrogens (tertiary/aromatic N) is 3. The number of benzene rings is 1. The number of hydrogen-bond donors (Lipinski definition) is 2. The Morgan fingerprint density at radius 1 is 1.22 bits per heavy atom. The molecule has 1 unspecified atom stereocenters. The van der Waals surface area contributed by atoms with E-state index in [9.17, 15) is 4.79 Å². The Bertz CT molecular complexity index is 985. The summed E-state index contributed by atoms with van der Waals surface area (Å²) < 4.78 is 0. The van der Waals surface area contributed by atoms with Crippen LogP contribution in [0, 0.1) is 0 Å². The zero-order valence-corrected chi connectivity index (χ0v) is 17.0. The Morgan fingerprint density at radius 2 is 2.00 bits per heavy atom. The molecule has 0 bridgehead atoms. The maximum absolute atomic E-state index is 12.5. The molecule has 0 spiro atoms. The van der Waals surface area contributed by atoms with Gasteiger partial charge in [-0.2, -0.15) is 0 Å². The van der Waals surface area contributed by atoms with E-state index >= 15 is 0 Å². The topological polar surface area (TPSA) is 79.8 Å². The predicted molar refractivity (Wildman–Crippen MR) is 112 cm³/mol. The van der Waals surface area contributed by atoms with Crippen molar-refractivity contribution in [3.05, 3.63) is 46.6 Å². The van der Waals surface area contributed by atoms with Crippen LogP contribution in [0.3, 0.4) is 0 Å². The number of carbonyl (C=O) groups excluding carboxylic acids is 1. The lowest BCUT2D eigenvalue weighted by Crippen LogP contribution is -2.23. The van der Waals surface area contributed by atoms with Crippen LogP contribution in [0.4, 0.5) is 11.6 Å². The van der Waals surface area contributed by atoms with Crippen LogP contribution in [0.2, 0.25) is 10.0 Å². The van der Waals surface area contributed by atoms with Gasteiger partial charge in [0.15, 0.2) is 11.0 Å². The average Bonchev–Trinajstić information content (AvgIpc) is 2.64. The summed E-state index contributed by atoms with van der Waals surface area (Å²) in [6.07, 6.45) is 1.43. The Balaban J connectivity index is 1.78.